The number of ether oxygens (including phenoxy) is 1. The van der Waals surface area contributed by atoms with Gasteiger partial charge in [-0.15, -0.1) is 0 Å². The molecule has 0 unspecified atom stereocenters. The van der Waals surface area contributed by atoms with E-state index in [4.69, 9.17) is 13.6 Å². The lowest BCUT2D eigenvalue weighted by atomic mass is 9.99. The highest BCUT2D eigenvalue weighted by molar-refractivity contribution is 6.74. The van der Waals surface area contributed by atoms with Gasteiger partial charge in [0.1, 0.15) is 5.60 Å². The van der Waals surface area contributed by atoms with Crippen LogP contribution < -0.4 is 0 Å². The Morgan fingerprint density at radius 2 is 1.50 bits per heavy atom. The predicted molar refractivity (Wildman–Crippen MR) is 106 cm³/mol. The first-order chi connectivity index (χ1) is 10.6. The van der Waals surface area contributed by atoms with E-state index in [2.05, 4.69) is 67.7 Å². The Kier molecular flexibility index (Phi) is 6.62. The van der Waals surface area contributed by atoms with E-state index in [-0.39, 0.29) is 22.8 Å². The molecule has 1 rings (SSSR count). The molecule has 4 nitrogen and oxygen atoms in total. The van der Waals surface area contributed by atoms with E-state index in [1.807, 2.05) is 0 Å². The van der Waals surface area contributed by atoms with E-state index in [9.17, 15) is 5.11 Å². The summed E-state index contributed by atoms with van der Waals surface area (Å²) in [6.07, 6.45) is 0.738. The zero-order valence-electron chi connectivity index (χ0n) is 17.6. The standard InChI is InChI=1S/C18H40O4Si2/c1-16(2,3)23(7,8)21-14-18(13-19)15(11-12-20-18)22-24(9,10)17(4,5)6/h15,19H,11-14H2,1-10H3/t15-,18+/m0/s1. The Labute approximate surface area is 151 Å². The lowest BCUT2D eigenvalue weighted by Gasteiger charge is -2.44. The summed E-state index contributed by atoms with van der Waals surface area (Å²) < 4.78 is 19.0. The fourth-order valence-corrected chi connectivity index (χ4v) is 4.71. The second kappa shape index (κ2) is 7.12. The van der Waals surface area contributed by atoms with Crippen molar-refractivity contribution in [3.63, 3.8) is 0 Å². The molecule has 1 heterocycles. The molecule has 24 heavy (non-hydrogen) atoms. The summed E-state index contributed by atoms with van der Waals surface area (Å²) in [5, 5.41) is 10.4. The summed E-state index contributed by atoms with van der Waals surface area (Å²) in [6, 6.07) is 0. The second-order valence-electron chi connectivity index (χ2n) is 10.3. The van der Waals surface area contributed by atoms with Gasteiger partial charge < -0.3 is 18.7 Å². The molecule has 0 saturated carbocycles. The van der Waals surface area contributed by atoms with Crippen molar-refractivity contribution < 1.29 is 18.7 Å². The van der Waals surface area contributed by atoms with Crippen LogP contribution >= 0.6 is 0 Å². The predicted octanol–water partition coefficient (Wildman–Crippen LogP) is 4.55. The van der Waals surface area contributed by atoms with E-state index in [0.29, 0.717) is 13.2 Å². The van der Waals surface area contributed by atoms with Gasteiger partial charge in [0.25, 0.3) is 0 Å². The van der Waals surface area contributed by atoms with Crippen molar-refractivity contribution in [3.8, 4) is 0 Å². The first-order valence-corrected chi connectivity index (χ1v) is 15.0. The largest absolute Gasteiger partial charge is 0.414 e. The molecular formula is C18H40O4Si2. The highest BCUT2D eigenvalue weighted by Crippen LogP contribution is 2.42. The Hall–Kier alpha value is 0.274. The van der Waals surface area contributed by atoms with Crippen LogP contribution in [-0.4, -0.2) is 53.3 Å². The molecule has 1 N–H and O–H groups in total. The third-order valence-corrected chi connectivity index (χ3v) is 15.3. The van der Waals surface area contributed by atoms with Crippen LogP contribution in [0.3, 0.4) is 0 Å². The van der Waals surface area contributed by atoms with Gasteiger partial charge in [-0.2, -0.15) is 0 Å². The van der Waals surface area contributed by atoms with E-state index >= 15 is 0 Å². The van der Waals surface area contributed by atoms with Gasteiger partial charge >= 0.3 is 0 Å². The number of aliphatic hydroxyl groups is 1. The number of aliphatic hydroxyl groups excluding tert-OH is 1. The average molecular weight is 377 g/mol. The molecule has 6 heteroatoms. The first-order valence-electron chi connectivity index (χ1n) is 9.15. The fourth-order valence-electron chi connectivity index (χ4n) is 2.27. The van der Waals surface area contributed by atoms with Crippen LogP contribution in [0.4, 0.5) is 0 Å². The van der Waals surface area contributed by atoms with Gasteiger partial charge in [0.05, 0.1) is 25.9 Å². The van der Waals surface area contributed by atoms with Gasteiger partial charge in [-0.3, -0.25) is 0 Å². The van der Waals surface area contributed by atoms with Crippen LogP contribution in [0, 0.1) is 0 Å². The summed E-state index contributed by atoms with van der Waals surface area (Å²) in [7, 11) is -3.82. The number of hydrogen-bond donors (Lipinski definition) is 1. The van der Waals surface area contributed by atoms with Crippen molar-refractivity contribution in [1.82, 2.24) is 0 Å². The van der Waals surface area contributed by atoms with E-state index < -0.39 is 22.2 Å². The molecule has 0 radical (unpaired) electrons. The molecule has 1 aliphatic heterocycles. The molecule has 0 bridgehead atoms. The Bertz CT molecular complexity index is 424. The maximum absolute atomic E-state index is 10.1. The topological polar surface area (TPSA) is 47.9 Å². The van der Waals surface area contributed by atoms with Gasteiger partial charge in [0.15, 0.2) is 16.6 Å². The molecule has 1 saturated heterocycles. The Morgan fingerprint density at radius 1 is 1.00 bits per heavy atom. The summed E-state index contributed by atoms with van der Waals surface area (Å²) in [4.78, 5) is 0. The fraction of sp³-hybridized carbons (Fsp3) is 1.00. The Morgan fingerprint density at radius 3 is 1.92 bits per heavy atom. The third kappa shape index (κ3) is 4.71. The molecule has 0 aromatic carbocycles. The van der Waals surface area contributed by atoms with Gasteiger partial charge in [0, 0.05) is 0 Å². The minimum absolute atomic E-state index is 0.0547. The highest BCUT2D eigenvalue weighted by Gasteiger charge is 2.51. The average Bonchev–Trinajstić information content (AvgIpc) is 2.76. The minimum Gasteiger partial charge on any atom is -0.414 e. The van der Waals surface area contributed by atoms with Gasteiger partial charge in [-0.25, -0.2) is 0 Å². The van der Waals surface area contributed by atoms with E-state index in [1.54, 1.807) is 0 Å². The quantitative estimate of drug-likeness (QED) is 0.691. The third-order valence-electron chi connectivity index (χ3n) is 6.35. The van der Waals surface area contributed by atoms with Gasteiger partial charge in [-0.1, -0.05) is 41.5 Å². The van der Waals surface area contributed by atoms with Crippen molar-refractivity contribution in [2.75, 3.05) is 19.8 Å². The van der Waals surface area contributed by atoms with Crippen molar-refractivity contribution in [2.45, 2.75) is 95.9 Å². The number of rotatable bonds is 6. The van der Waals surface area contributed by atoms with Crippen LogP contribution in [0.15, 0.2) is 0 Å². The van der Waals surface area contributed by atoms with Crippen LogP contribution in [0.1, 0.15) is 48.0 Å². The first kappa shape index (κ1) is 22.3. The molecule has 0 aliphatic carbocycles. The van der Waals surface area contributed by atoms with Crippen LogP contribution in [0.5, 0.6) is 0 Å². The lowest BCUT2D eigenvalue weighted by Crippen LogP contribution is -2.56. The van der Waals surface area contributed by atoms with Crippen molar-refractivity contribution >= 4 is 16.6 Å². The molecule has 0 amide bonds. The lowest BCUT2D eigenvalue weighted by molar-refractivity contribution is -0.110. The maximum Gasteiger partial charge on any atom is 0.192 e. The van der Waals surface area contributed by atoms with Crippen molar-refractivity contribution in [2.24, 2.45) is 0 Å². The molecule has 1 aliphatic rings. The summed E-state index contributed by atoms with van der Waals surface area (Å²) >= 11 is 0. The smallest absolute Gasteiger partial charge is 0.192 e. The second-order valence-corrected chi connectivity index (χ2v) is 19.8. The highest BCUT2D eigenvalue weighted by atomic mass is 28.4. The van der Waals surface area contributed by atoms with Crippen molar-refractivity contribution in [3.05, 3.63) is 0 Å². The zero-order valence-corrected chi connectivity index (χ0v) is 19.6. The molecule has 144 valence electrons. The SMILES string of the molecule is CC(C)(C)[Si](C)(C)OC[C@@]1(CO)OCC[C@@H]1O[Si](C)(C)C(C)(C)C. The summed E-state index contributed by atoms with van der Waals surface area (Å²) in [5.41, 5.74) is -0.717. The van der Waals surface area contributed by atoms with Crippen LogP contribution in [-0.2, 0) is 13.6 Å². The monoisotopic (exact) mass is 376 g/mol. The summed E-state index contributed by atoms with van der Waals surface area (Å²) in [6.45, 7) is 23.3. The number of hydrogen-bond acceptors (Lipinski definition) is 4. The molecule has 2 atom stereocenters. The van der Waals surface area contributed by atoms with Crippen molar-refractivity contribution in [1.29, 1.82) is 0 Å². The van der Waals surface area contributed by atoms with Crippen LogP contribution in [0.25, 0.3) is 0 Å². The molecule has 1 fully saturated rings. The zero-order chi connectivity index (χ0) is 19.0. The maximum atomic E-state index is 10.1. The van der Waals surface area contributed by atoms with Gasteiger partial charge in [0.2, 0.25) is 0 Å². The molecule has 0 aromatic rings. The Balaban J connectivity index is 2.92. The molecule has 0 aromatic heterocycles. The summed E-state index contributed by atoms with van der Waals surface area (Å²) in [5.74, 6) is 0. The van der Waals surface area contributed by atoms with Crippen LogP contribution in [0.2, 0.25) is 36.3 Å². The minimum atomic E-state index is -1.92. The molecular weight excluding hydrogens is 336 g/mol. The molecule has 0 spiro atoms. The van der Waals surface area contributed by atoms with E-state index in [1.165, 1.54) is 0 Å². The normalized spacial score (nSPS) is 26.9. The van der Waals surface area contributed by atoms with Gasteiger partial charge in [-0.05, 0) is 42.7 Å². The van der Waals surface area contributed by atoms with E-state index in [0.717, 1.165) is 6.42 Å².